The predicted molar refractivity (Wildman–Crippen MR) is 48.5 cm³/mol. The fraction of sp³-hybridized carbons (Fsp3) is 0. The highest BCUT2D eigenvalue weighted by molar-refractivity contribution is 6.58. The van der Waals surface area contributed by atoms with Gasteiger partial charge in [-0.1, -0.05) is 0 Å². The van der Waals surface area contributed by atoms with Crippen LogP contribution in [-0.4, -0.2) is 22.2 Å². The summed E-state index contributed by atoms with van der Waals surface area (Å²) < 4.78 is 12.5. The molecule has 0 unspecified atom stereocenters. The maximum Gasteiger partial charge on any atom is 0.493 e. The molecule has 0 radical (unpaired) electrons. The van der Waals surface area contributed by atoms with Gasteiger partial charge in [-0.25, -0.2) is 4.39 Å². The van der Waals surface area contributed by atoms with E-state index in [0.29, 0.717) is 0 Å². The number of pyridine rings is 1. The van der Waals surface area contributed by atoms with Crippen LogP contribution in [0.25, 0.3) is 0 Å². The predicted octanol–water partition coefficient (Wildman–Crippen LogP) is -0.256. The molecular weight excluding hydrogens is 207 g/mol. The summed E-state index contributed by atoms with van der Waals surface area (Å²) in [5.74, 6) is -0.662. The van der Waals surface area contributed by atoms with Crippen molar-refractivity contribution in [2.24, 2.45) is 0 Å². The highest BCUT2D eigenvalue weighted by Gasteiger charge is 2.15. The second-order valence-corrected chi connectivity index (χ2v) is 1.77. The smallest absolute Gasteiger partial charge is 0.423 e. The molecule has 3 nitrogen and oxygen atoms in total. The van der Waals surface area contributed by atoms with Crippen molar-refractivity contribution in [2.75, 3.05) is 0 Å². The van der Waals surface area contributed by atoms with E-state index in [1.165, 1.54) is 6.20 Å². The molecule has 0 aromatic carbocycles. The molecule has 1 heterocycles. The van der Waals surface area contributed by atoms with Gasteiger partial charge in [0.1, 0.15) is 5.82 Å². The van der Waals surface area contributed by atoms with Crippen molar-refractivity contribution in [1.29, 1.82) is 0 Å². The first kappa shape index (κ1) is 14.2. The molecule has 0 spiro atoms. The second-order valence-electron chi connectivity index (χ2n) is 1.77. The normalized spacial score (nSPS) is 7.92. The summed E-state index contributed by atoms with van der Waals surface area (Å²) in [5.41, 5.74) is -0.206. The topological polar surface area (TPSA) is 53.4 Å². The molecule has 0 amide bonds. The van der Waals surface area contributed by atoms with Gasteiger partial charge in [0.05, 0.1) is 0 Å². The fourth-order valence-electron chi connectivity index (χ4n) is 0.580. The molecule has 1 aromatic rings. The second kappa shape index (κ2) is 6.19. The van der Waals surface area contributed by atoms with Crippen molar-refractivity contribution in [1.82, 2.24) is 4.98 Å². The van der Waals surface area contributed by atoms with Gasteiger partial charge in [-0.05, 0) is 6.07 Å². The van der Waals surface area contributed by atoms with Gasteiger partial charge in [-0.3, -0.25) is 4.98 Å². The van der Waals surface area contributed by atoms with Gasteiger partial charge in [0.2, 0.25) is 0 Å². The molecule has 1 rings (SSSR count). The lowest BCUT2D eigenvalue weighted by Gasteiger charge is -1.97. The van der Waals surface area contributed by atoms with Crippen molar-refractivity contribution in [3.8, 4) is 0 Å². The molecule has 0 aliphatic carbocycles. The monoisotopic (exact) mass is 213 g/mol. The molecule has 1 aromatic heterocycles. The van der Waals surface area contributed by atoms with Crippen LogP contribution in [0.5, 0.6) is 0 Å². The van der Waals surface area contributed by atoms with Crippen LogP contribution in [0.3, 0.4) is 0 Å². The molecular formula is C5H7BCl2FNO2. The minimum atomic E-state index is -1.78. The van der Waals surface area contributed by atoms with E-state index >= 15 is 0 Å². The first-order valence-corrected chi connectivity index (χ1v) is 2.67. The van der Waals surface area contributed by atoms with Gasteiger partial charge in [-0.15, -0.1) is 24.8 Å². The zero-order chi connectivity index (χ0) is 7.56. The fourth-order valence-corrected chi connectivity index (χ4v) is 0.580. The molecule has 0 saturated heterocycles. The number of aromatic nitrogens is 1. The van der Waals surface area contributed by atoms with Crippen LogP contribution in [0.15, 0.2) is 18.5 Å². The van der Waals surface area contributed by atoms with Crippen LogP contribution in [0.4, 0.5) is 4.39 Å². The summed E-state index contributed by atoms with van der Waals surface area (Å²) in [7, 11) is -1.78. The highest BCUT2D eigenvalue weighted by atomic mass is 35.5. The van der Waals surface area contributed by atoms with Crippen molar-refractivity contribution < 1.29 is 14.4 Å². The first-order chi connectivity index (χ1) is 4.72. The van der Waals surface area contributed by atoms with Crippen LogP contribution in [0.1, 0.15) is 0 Å². The summed E-state index contributed by atoms with van der Waals surface area (Å²) in [6, 6.07) is 1.06. The Morgan fingerprint density at radius 1 is 1.33 bits per heavy atom. The van der Waals surface area contributed by atoms with E-state index in [4.69, 9.17) is 10.0 Å². The van der Waals surface area contributed by atoms with Gasteiger partial charge in [0.15, 0.2) is 0 Å². The molecule has 0 saturated carbocycles. The summed E-state index contributed by atoms with van der Waals surface area (Å²) in [6.07, 6.45) is 2.31. The van der Waals surface area contributed by atoms with Gasteiger partial charge in [0.25, 0.3) is 0 Å². The lowest BCUT2D eigenvalue weighted by atomic mass is 9.81. The van der Waals surface area contributed by atoms with Crippen LogP contribution < -0.4 is 5.46 Å². The Balaban J connectivity index is 0. The molecule has 0 aliphatic heterocycles. The Hall–Kier alpha value is -0.355. The number of hydrogen-bond acceptors (Lipinski definition) is 3. The SMILES string of the molecule is Cl.Cl.OB(O)c1cnccc1F. The number of hydrogen-bond donors (Lipinski definition) is 2. The lowest BCUT2D eigenvalue weighted by Crippen LogP contribution is -2.32. The number of rotatable bonds is 1. The standard InChI is InChI=1S/C5H5BFNO2.2ClH/c7-5-1-2-8-3-4(5)6(9)10;;/h1-3,9-10H;2*1H. The van der Waals surface area contributed by atoms with Gasteiger partial charge in [-0.2, -0.15) is 0 Å². The largest absolute Gasteiger partial charge is 0.493 e. The van der Waals surface area contributed by atoms with Crippen LogP contribution in [0.2, 0.25) is 0 Å². The average molecular weight is 214 g/mol. The van der Waals surface area contributed by atoms with Gasteiger partial charge < -0.3 is 10.0 Å². The molecule has 0 aliphatic rings. The summed E-state index contributed by atoms with van der Waals surface area (Å²) in [4.78, 5) is 3.51. The molecule has 7 heteroatoms. The molecule has 0 bridgehead atoms. The zero-order valence-corrected chi connectivity index (χ0v) is 7.48. The van der Waals surface area contributed by atoms with E-state index in [9.17, 15) is 4.39 Å². The molecule has 12 heavy (non-hydrogen) atoms. The Bertz CT molecular complexity index is 238. The Kier molecular flexibility index (Phi) is 7.32. The average Bonchev–Trinajstić information content (AvgIpc) is 1.88. The molecule has 68 valence electrons. The zero-order valence-electron chi connectivity index (χ0n) is 5.85. The van der Waals surface area contributed by atoms with Gasteiger partial charge >= 0.3 is 7.12 Å². The third kappa shape index (κ3) is 3.36. The Morgan fingerprint density at radius 3 is 2.25 bits per heavy atom. The molecule has 0 atom stereocenters. The van der Waals surface area contributed by atoms with Crippen LogP contribution >= 0.6 is 24.8 Å². The minimum Gasteiger partial charge on any atom is -0.423 e. The van der Waals surface area contributed by atoms with E-state index in [0.717, 1.165) is 12.3 Å². The van der Waals surface area contributed by atoms with Crippen molar-refractivity contribution in [3.63, 3.8) is 0 Å². The molecule has 2 N–H and O–H groups in total. The summed E-state index contributed by atoms with van der Waals surface area (Å²) in [6.45, 7) is 0. The molecule has 0 fully saturated rings. The third-order valence-electron chi connectivity index (χ3n) is 1.07. The van der Waals surface area contributed by atoms with Crippen molar-refractivity contribution >= 4 is 37.4 Å². The highest BCUT2D eigenvalue weighted by Crippen LogP contribution is 1.89. The summed E-state index contributed by atoms with van der Waals surface area (Å²) in [5, 5.41) is 17.0. The quantitative estimate of drug-likeness (QED) is 0.633. The van der Waals surface area contributed by atoms with Crippen molar-refractivity contribution in [2.45, 2.75) is 0 Å². The van der Waals surface area contributed by atoms with Crippen LogP contribution in [-0.2, 0) is 0 Å². The minimum absolute atomic E-state index is 0. The Morgan fingerprint density at radius 2 is 1.92 bits per heavy atom. The van der Waals surface area contributed by atoms with Gasteiger partial charge in [0, 0.05) is 17.9 Å². The first-order valence-electron chi connectivity index (χ1n) is 2.67. The Labute approximate surface area is 81.6 Å². The third-order valence-corrected chi connectivity index (χ3v) is 1.07. The van der Waals surface area contributed by atoms with Crippen LogP contribution in [0, 0.1) is 5.82 Å². The maximum absolute atomic E-state index is 12.5. The van der Waals surface area contributed by atoms with E-state index in [1.54, 1.807) is 0 Å². The number of halogens is 3. The maximum atomic E-state index is 12.5. The van der Waals surface area contributed by atoms with E-state index < -0.39 is 12.9 Å². The lowest BCUT2D eigenvalue weighted by molar-refractivity contribution is 0.423. The van der Waals surface area contributed by atoms with Crippen molar-refractivity contribution in [3.05, 3.63) is 24.3 Å². The summed E-state index contributed by atoms with van der Waals surface area (Å²) >= 11 is 0. The number of nitrogens with zero attached hydrogens (tertiary/aromatic N) is 1. The van der Waals surface area contributed by atoms with E-state index in [-0.39, 0.29) is 30.3 Å². The van der Waals surface area contributed by atoms with E-state index in [2.05, 4.69) is 4.98 Å². The van der Waals surface area contributed by atoms with E-state index in [1.807, 2.05) is 0 Å².